The number of carboxylic acid groups (broad SMARTS) is 3. The molecule has 0 spiro atoms. The van der Waals surface area contributed by atoms with Crippen molar-refractivity contribution in [3.05, 3.63) is 0 Å². The number of carboxylic acids is 3. The van der Waals surface area contributed by atoms with Crippen LogP contribution in [0.3, 0.4) is 0 Å². The van der Waals surface area contributed by atoms with Crippen LogP contribution in [0, 0.1) is 0 Å². The van der Waals surface area contributed by atoms with Crippen LogP contribution in [0.25, 0.3) is 0 Å². The van der Waals surface area contributed by atoms with Gasteiger partial charge in [-0.3, -0.25) is 33.8 Å². The van der Waals surface area contributed by atoms with Gasteiger partial charge in [0.15, 0.2) is 5.78 Å². The van der Waals surface area contributed by atoms with Gasteiger partial charge in [0.1, 0.15) is 6.04 Å². The Morgan fingerprint density at radius 2 is 1.09 bits per heavy atom. The van der Waals surface area contributed by atoms with E-state index < -0.39 is 47.7 Å². The van der Waals surface area contributed by atoms with Crippen LogP contribution in [0.1, 0.15) is 32.6 Å². The molecular formula is C27H48N8O10. The van der Waals surface area contributed by atoms with E-state index in [2.05, 4.69) is 31.1 Å². The highest BCUT2D eigenvalue weighted by Gasteiger charge is 2.24. The second kappa shape index (κ2) is 21.0. The first-order valence-corrected chi connectivity index (χ1v) is 14.7. The number of hydrogen-bond acceptors (Lipinski definition) is 11. The lowest BCUT2D eigenvalue weighted by Gasteiger charge is -2.31. The van der Waals surface area contributed by atoms with E-state index in [1.807, 2.05) is 23.9 Å². The average Bonchev–Trinajstić information content (AvgIpc) is 2.94. The van der Waals surface area contributed by atoms with Crippen molar-refractivity contribution in [2.75, 3.05) is 86.2 Å². The Morgan fingerprint density at radius 1 is 0.622 bits per heavy atom. The number of carbonyl (C=O) groups is 7. The molecule has 0 aromatic carbocycles. The summed E-state index contributed by atoms with van der Waals surface area (Å²) in [6.45, 7) is 6.01. The monoisotopic (exact) mass is 644 g/mol. The summed E-state index contributed by atoms with van der Waals surface area (Å²) in [6.07, 6.45) is -1.12. The summed E-state index contributed by atoms with van der Waals surface area (Å²) in [6, 6.07) is -3.58. The fraction of sp³-hybridized carbons (Fsp3) is 0.741. The van der Waals surface area contributed by atoms with Gasteiger partial charge in [-0.05, 0) is 33.9 Å². The molecule has 1 aliphatic heterocycles. The topological polar surface area (TPSA) is 241 Å². The lowest BCUT2D eigenvalue weighted by atomic mass is 10.1. The zero-order valence-electron chi connectivity index (χ0n) is 26.2. The third-order valence-electron chi connectivity index (χ3n) is 7.20. The van der Waals surface area contributed by atoms with Crippen LogP contribution in [0.15, 0.2) is 0 Å². The van der Waals surface area contributed by atoms with Crippen LogP contribution >= 0.6 is 0 Å². The van der Waals surface area contributed by atoms with Crippen molar-refractivity contribution in [3.63, 3.8) is 0 Å². The number of nitrogens with zero attached hydrogens (tertiary/aromatic N) is 4. The number of aliphatic carboxylic acids is 3. The van der Waals surface area contributed by atoms with Gasteiger partial charge in [-0.15, -0.1) is 0 Å². The van der Waals surface area contributed by atoms with Crippen LogP contribution in [-0.2, 0) is 28.8 Å². The highest BCUT2D eigenvalue weighted by atomic mass is 16.4. The first kappa shape index (κ1) is 39.2. The van der Waals surface area contributed by atoms with Crippen molar-refractivity contribution in [1.29, 1.82) is 0 Å². The number of amides is 4. The summed E-state index contributed by atoms with van der Waals surface area (Å²) in [5.74, 6) is -4.93. The minimum absolute atomic E-state index is 0.0262. The highest BCUT2D eigenvalue weighted by molar-refractivity contribution is 5.89. The largest absolute Gasteiger partial charge is 0.481 e. The molecule has 256 valence electrons. The smallest absolute Gasteiger partial charge is 0.326 e. The Labute approximate surface area is 262 Å². The molecule has 0 bridgehead atoms. The Morgan fingerprint density at radius 3 is 1.60 bits per heavy atom. The van der Waals surface area contributed by atoms with Gasteiger partial charge in [0.05, 0.1) is 25.8 Å². The van der Waals surface area contributed by atoms with Crippen molar-refractivity contribution in [1.82, 2.24) is 40.9 Å². The molecule has 4 amide bonds. The number of likely N-dealkylation sites (N-methyl/N-ethyl adjacent to an activating group) is 2. The van der Waals surface area contributed by atoms with Gasteiger partial charge in [0.2, 0.25) is 11.8 Å². The summed E-state index contributed by atoms with van der Waals surface area (Å²) in [4.78, 5) is 90.5. The van der Waals surface area contributed by atoms with E-state index >= 15 is 0 Å². The third kappa shape index (κ3) is 18.5. The van der Waals surface area contributed by atoms with Gasteiger partial charge in [-0.1, -0.05) is 0 Å². The second-order valence-electron chi connectivity index (χ2n) is 11.1. The van der Waals surface area contributed by atoms with Gasteiger partial charge < -0.3 is 46.4 Å². The molecule has 2 atom stereocenters. The van der Waals surface area contributed by atoms with Crippen LogP contribution < -0.4 is 21.3 Å². The molecule has 0 aromatic rings. The molecular weight excluding hydrogens is 596 g/mol. The molecule has 7 N–H and O–H groups in total. The van der Waals surface area contributed by atoms with E-state index in [1.165, 1.54) is 0 Å². The van der Waals surface area contributed by atoms with Crippen LogP contribution in [0.4, 0.5) is 4.79 Å². The Balaban J connectivity index is 2.55. The van der Waals surface area contributed by atoms with Crippen LogP contribution in [0.2, 0.25) is 0 Å². The number of rotatable bonds is 16. The number of ketones is 1. The lowest BCUT2D eigenvalue weighted by molar-refractivity contribution is -0.140. The maximum atomic E-state index is 12.6. The molecule has 1 aliphatic rings. The number of hydrogen-bond donors (Lipinski definition) is 7. The highest BCUT2D eigenvalue weighted by Crippen LogP contribution is 2.02. The summed E-state index contributed by atoms with van der Waals surface area (Å²) < 4.78 is 0. The first-order chi connectivity index (χ1) is 21.2. The zero-order valence-corrected chi connectivity index (χ0v) is 26.2. The van der Waals surface area contributed by atoms with E-state index in [0.29, 0.717) is 39.3 Å². The Hall–Kier alpha value is -3.87. The molecule has 1 saturated heterocycles. The van der Waals surface area contributed by atoms with Crippen LogP contribution in [0.5, 0.6) is 0 Å². The predicted molar refractivity (Wildman–Crippen MR) is 160 cm³/mol. The van der Waals surface area contributed by atoms with Crippen molar-refractivity contribution in [3.8, 4) is 0 Å². The number of urea groups is 1. The third-order valence-corrected chi connectivity index (χ3v) is 7.20. The van der Waals surface area contributed by atoms with Crippen molar-refractivity contribution < 1.29 is 48.9 Å². The van der Waals surface area contributed by atoms with E-state index in [9.17, 15) is 43.8 Å². The molecule has 0 saturated carbocycles. The summed E-state index contributed by atoms with van der Waals surface area (Å²) in [5.41, 5.74) is 0. The molecule has 18 nitrogen and oxygen atoms in total. The first-order valence-electron chi connectivity index (χ1n) is 14.7. The maximum absolute atomic E-state index is 12.6. The molecule has 0 aliphatic carbocycles. The molecule has 45 heavy (non-hydrogen) atoms. The summed E-state index contributed by atoms with van der Waals surface area (Å²) in [7, 11) is 3.99. The molecule has 1 fully saturated rings. The molecule has 1 rings (SSSR count). The van der Waals surface area contributed by atoms with Gasteiger partial charge in [0, 0.05) is 65.2 Å². The molecule has 18 heteroatoms. The SMILES string of the molecule is CC(=O)[C@H](CCC(=O)O)NC(=O)N[C@@H](CCC(=O)NCNC(=O)CN1CCN(C)CCN(C)CCN(CC(=O)O)CC1)C(=O)O. The summed E-state index contributed by atoms with van der Waals surface area (Å²) >= 11 is 0. The Bertz CT molecular complexity index is 1030. The van der Waals surface area contributed by atoms with E-state index in [4.69, 9.17) is 5.11 Å². The average molecular weight is 645 g/mol. The van der Waals surface area contributed by atoms with E-state index in [1.54, 1.807) is 0 Å². The lowest BCUT2D eigenvalue weighted by Crippen LogP contribution is -2.51. The zero-order chi connectivity index (χ0) is 33.9. The molecule has 0 aromatic heterocycles. The molecule has 0 radical (unpaired) electrons. The molecule has 1 heterocycles. The van der Waals surface area contributed by atoms with Crippen molar-refractivity contribution >= 4 is 41.5 Å². The minimum Gasteiger partial charge on any atom is -0.481 e. The minimum atomic E-state index is -1.47. The quantitative estimate of drug-likeness (QED) is 0.0834. The van der Waals surface area contributed by atoms with Crippen LogP contribution in [-0.4, -0.2) is 175 Å². The van der Waals surface area contributed by atoms with Crippen molar-refractivity contribution in [2.24, 2.45) is 0 Å². The maximum Gasteiger partial charge on any atom is 0.326 e. The van der Waals surface area contributed by atoms with E-state index in [-0.39, 0.29) is 51.3 Å². The Kier molecular flexibility index (Phi) is 18.2. The van der Waals surface area contributed by atoms with Gasteiger partial charge >= 0.3 is 23.9 Å². The summed E-state index contributed by atoms with van der Waals surface area (Å²) in [5, 5.41) is 37.0. The van der Waals surface area contributed by atoms with E-state index in [0.717, 1.165) is 20.0 Å². The van der Waals surface area contributed by atoms with Crippen molar-refractivity contribution in [2.45, 2.75) is 44.7 Å². The predicted octanol–water partition coefficient (Wildman–Crippen LogP) is -2.90. The number of carbonyl (C=O) groups excluding carboxylic acids is 4. The van der Waals surface area contributed by atoms with Gasteiger partial charge in [-0.2, -0.15) is 0 Å². The van der Waals surface area contributed by atoms with Gasteiger partial charge in [-0.25, -0.2) is 9.59 Å². The number of nitrogens with one attached hydrogen (secondary N) is 4. The van der Waals surface area contributed by atoms with Gasteiger partial charge in [0.25, 0.3) is 0 Å². The standard InChI is InChI=1S/C27H48N8O10/c1-19(36)20(5-7-24(39)40)30-27(45)31-21(26(43)44)4-6-22(37)28-18-29-23(38)16-34-12-10-32(2)8-9-33(3)11-13-35(15-14-34)17-25(41)42/h20-21H,4-18H2,1-3H3,(H,28,37)(H,29,38)(H,39,40)(H,41,42)(H,43,44)(H2,30,31,45)/t20-,21-/m0/s1. The number of Topliss-reactive ketones (excluding diaryl/α,β-unsaturated/α-hetero) is 1. The fourth-order valence-corrected chi connectivity index (χ4v) is 4.33. The second-order valence-corrected chi connectivity index (χ2v) is 11.1. The molecule has 0 unspecified atom stereocenters. The normalized spacial score (nSPS) is 17.5. The fourth-order valence-electron chi connectivity index (χ4n) is 4.33.